The van der Waals surface area contributed by atoms with Crippen molar-refractivity contribution in [3.8, 4) is 0 Å². The number of guanidine groups is 1. The zero-order valence-corrected chi connectivity index (χ0v) is 18.1. The van der Waals surface area contributed by atoms with E-state index in [2.05, 4.69) is 26.9 Å². The molecule has 0 saturated carbocycles. The summed E-state index contributed by atoms with van der Waals surface area (Å²) in [5.74, 6) is 2.81. The van der Waals surface area contributed by atoms with Gasteiger partial charge in [0.25, 0.3) is 0 Å². The van der Waals surface area contributed by atoms with E-state index in [0.717, 1.165) is 55.5 Å². The Morgan fingerprint density at radius 3 is 2.68 bits per heavy atom. The van der Waals surface area contributed by atoms with Gasteiger partial charge in [-0.1, -0.05) is 17.7 Å². The molecule has 25 heavy (non-hydrogen) atoms. The number of pyridine rings is 1. The Kier molecular flexibility index (Phi) is 11.8. The molecule has 0 radical (unpaired) electrons. The average Bonchev–Trinajstić information content (AvgIpc) is 3.10. The Hall–Kier alpha value is -0.930. The van der Waals surface area contributed by atoms with Gasteiger partial charge in [0.1, 0.15) is 10.9 Å². The van der Waals surface area contributed by atoms with Crippen molar-refractivity contribution in [1.29, 1.82) is 0 Å². The monoisotopic (exact) mass is 494 g/mol. The topological polar surface area (TPSA) is 62.5 Å². The van der Waals surface area contributed by atoms with Crippen molar-refractivity contribution in [2.75, 3.05) is 31.6 Å². The molecule has 0 spiro atoms. The predicted octanol–water partition coefficient (Wildman–Crippen LogP) is 3.63. The molecule has 138 valence electrons. The van der Waals surface area contributed by atoms with E-state index in [1.54, 1.807) is 24.2 Å². The molecule has 2 aromatic heterocycles. The van der Waals surface area contributed by atoms with Crippen molar-refractivity contribution in [2.24, 2.45) is 4.99 Å². The first kappa shape index (κ1) is 22.1. The summed E-state index contributed by atoms with van der Waals surface area (Å²) in [5, 5.41) is 7.22. The highest BCUT2D eigenvalue weighted by Gasteiger charge is 2.01. The van der Waals surface area contributed by atoms with Gasteiger partial charge in [0.05, 0.1) is 12.8 Å². The Balaban J connectivity index is 0.00000312. The highest BCUT2D eigenvalue weighted by molar-refractivity contribution is 14.0. The number of furan rings is 1. The zero-order valence-electron chi connectivity index (χ0n) is 14.2. The number of nitrogens with zero attached hydrogens (tertiary/aromatic N) is 2. The normalized spacial score (nSPS) is 11.0. The van der Waals surface area contributed by atoms with Crippen molar-refractivity contribution in [3.63, 3.8) is 0 Å². The molecule has 2 aromatic rings. The average molecular weight is 495 g/mol. The van der Waals surface area contributed by atoms with Crippen LogP contribution in [-0.4, -0.2) is 42.6 Å². The van der Waals surface area contributed by atoms with E-state index in [9.17, 15) is 0 Å². The Bertz CT molecular complexity index is 608. The van der Waals surface area contributed by atoms with Gasteiger partial charge in [-0.15, -0.1) is 24.0 Å². The fourth-order valence-electron chi connectivity index (χ4n) is 2.06. The second-order valence-electron chi connectivity index (χ2n) is 5.15. The fourth-order valence-corrected chi connectivity index (χ4v) is 2.45. The second-order valence-corrected chi connectivity index (χ2v) is 6.52. The molecule has 2 rings (SSSR count). The zero-order chi connectivity index (χ0) is 17.0. The number of aliphatic imine (C=N–C) groups is 1. The number of rotatable bonds is 9. The number of aromatic nitrogens is 1. The first-order valence-electron chi connectivity index (χ1n) is 7.92. The summed E-state index contributed by atoms with van der Waals surface area (Å²) >= 11 is 7.59. The maximum absolute atomic E-state index is 5.80. The van der Waals surface area contributed by atoms with Crippen molar-refractivity contribution >= 4 is 53.3 Å². The molecular formula is C17H24ClIN4OS. The Labute approximate surface area is 175 Å². The van der Waals surface area contributed by atoms with E-state index >= 15 is 0 Å². The van der Waals surface area contributed by atoms with E-state index in [1.807, 2.05) is 24.3 Å². The van der Waals surface area contributed by atoms with Gasteiger partial charge in [-0.25, -0.2) is 4.98 Å². The van der Waals surface area contributed by atoms with Gasteiger partial charge in [-0.3, -0.25) is 4.99 Å². The Morgan fingerprint density at radius 2 is 2.04 bits per heavy atom. The predicted molar refractivity (Wildman–Crippen MR) is 117 cm³/mol. The van der Waals surface area contributed by atoms with E-state index in [1.165, 1.54) is 0 Å². The fraction of sp³-hybridized carbons (Fsp3) is 0.412. The summed E-state index contributed by atoms with van der Waals surface area (Å²) in [6, 6.07) is 7.69. The number of thioether (sulfide) groups is 1. The molecule has 2 N–H and O–H groups in total. The van der Waals surface area contributed by atoms with Crippen LogP contribution in [0.15, 0.2) is 46.1 Å². The van der Waals surface area contributed by atoms with Crippen LogP contribution < -0.4 is 10.6 Å². The highest BCUT2D eigenvalue weighted by atomic mass is 127. The van der Waals surface area contributed by atoms with Gasteiger partial charge in [-0.05, 0) is 36.4 Å². The number of hydrogen-bond donors (Lipinski definition) is 2. The molecule has 0 unspecified atom stereocenters. The van der Waals surface area contributed by atoms with Crippen LogP contribution in [0.2, 0.25) is 5.15 Å². The van der Waals surface area contributed by atoms with Gasteiger partial charge in [0.15, 0.2) is 5.96 Å². The van der Waals surface area contributed by atoms with Crippen molar-refractivity contribution < 1.29 is 4.42 Å². The van der Waals surface area contributed by atoms with Crippen LogP contribution in [-0.2, 0) is 12.8 Å². The first-order chi connectivity index (χ1) is 11.8. The van der Waals surface area contributed by atoms with Gasteiger partial charge in [-0.2, -0.15) is 11.8 Å². The van der Waals surface area contributed by atoms with Crippen LogP contribution in [0, 0.1) is 0 Å². The van der Waals surface area contributed by atoms with Crippen LogP contribution in [0.5, 0.6) is 0 Å². The van der Waals surface area contributed by atoms with Crippen LogP contribution >= 0.6 is 47.3 Å². The van der Waals surface area contributed by atoms with E-state index in [-0.39, 0.29) is 24.0 Å². The number of hydrogen-bond acceptors (Lipinski definition) is 4. The summed E-state index contributed by atoms with van der Waals surface area (Å²) in [6.07, 6.45) is 7.28. The van der Waals surface area contributed by atoms with E-state index in [0.29, 0.717) is 5.15 Å². The molecule has 2 heterocycles. The van der Waals surface area contributed by atoms with Crippen LogP contribution in [0.25, 0.3) is 0 Å². The molecule has 0 aliphatic rings. The summed E-state index contributed by atoms with van der Waals surface area (Å²) < 4.78 is 5.34. The molecule has 0 bridgehead atoms. The summed E-state index contributed by atoms with van der Waals surface area (Å²) in [6.45, 7) is 2.36. The summed E-state index contributed by atoms with van der Waals surface area (Å²) in [5.41, 5.74) is 1.14. The van der Waals surface area contributed by atoms with Crippen LogP contribution in [0.1, 0.15) is 11.3 Å². The minimum atomic E-state index is 0. The third-order valence-electron chi connectivity index (χ3n) is 3.30. The third-order valence-corrected chi connectivity index (χ3v) is 4.12. The van der Waals surface area contributed by atoms with Crippen LogP contribution in [0.4, 0.5) is 0 Å². The molecule has 5 nitrogen and oxygen atoms in total. The highest BCUT2D eigenvalue weighted by Crippen LogP contribution is 2.05. The lowest BCUT2D eigenvalue weighted by Crippen LogP contribution is -2.39. The third kappa shape index (κ3) is 9.37. The molecule has 0 aromatic carbocycles. The lowest BCUT2D eigenvalue weighted by Gasteiger charge is -2.12. The minimum absolute atomic E-state index is 0. The van der Waals surface area contributed by atoms with E-state index in [4.69, 9.17) is 16.0 Å². The molecule has 0 aliphatic carbocycles. The quantitative estimate of drug-likeness (QED) is 0.183. The van der Waals surface area contributed by atoms with Gasteiger partial charge >= 0.3 is 0 Å². The lowest BCUT2D eigenvalue weighted by molar-refractivity contribution is 0.507. The maximum Gasteiger partial charge on any atom is 0.191 e. The first-order valence-corrected chi connectivity index (χ1v) is 9.69. The van der Waals surface area contributed by atoms with Gasteiger partial charge in [0.2, 0.25) is 0 Å². The molecule has 0 saturated heterocycles. The van der Waals surface area contributed by atoms with Crippen molar-refractivity contribution in [1.82, 2.24) is 15.6 Å². The standard InChI is InChI=1S/C17H23ClN4OS.HI/c1-24-12-10-21-17(20-9-7-15-3-2-11-23-15)19-8-6-14-4-5-16(18)22-13-14;/h2-5,11,13H,6-10,12H2,1H3,(H2,19,20,21);1H. The summed E-state index contributed by atoms with van der Waals surface area (Å²) in [4.78, 5) is 8.68. The number of halogens is 2. The molecule has 0 atom stereocenters. The second kappa shape index (κ2) is 13.3. The van der Waals surface area contributed by atoms with Gasteiger partial charge < -0.3 is 15.1 Å². The largest absolute Gasteiger partial charge is 0.469 e. The SMILES string of the molecule is CSCCN=C(NCCc1ccc(Cl)nc1)NCCc1ccco1.I. The van der Waals surface area contributed by atoms with Gasteiger partial charge in [0, 0.05) is 31.5 Å². The van der Waals surface area contributed by atoms with Crippen molar-refractivity contribution in [3.05, 3.63) is 53.2 Å². The molecule has 8 heteroatoms. The molecular weight excluding hydrogens is 471 g/mol. The number of nitrogens with one attached hydrogen (secondary N) is 2. The van der Waals surface area contributed by atoms with Crippen molar-refractivity contribution in [2.45, 2.75) is 12.8 Å². The Morgan fingerprint density at radius 1 is 1.24 bits per heavy atom. The molecule has 0 aliphatic heterocycles. The molecule has 0 amide bonds. The smallest absolute Gasteiger partial charge is 0.191 e. The molecule has 0 fully saturated rings. The summed E-state index contributed by atoms with van der Waals surface area (Å²) in [7, 11) is 0. The van der Waals surface area contributed by atoms with E-state index < -0.39 is 0 Å². The maximum atomic E-state index is 5.80. The van der Waals surface area contributed by atoms with Crippen LogP contribution in [0.3, 0.4) is 0 Å². The lowest BCUT2D eigenvalue weighted by atomic mass is 10.2. The minimum Gasteiger partial charge on any atom is -0.469 e.